The Kier molecular flexibility index (Phi) is 5.34. The van der Waals surface area contributed by atoms with E-state index in [1.807, 2.05) is 13.0 Å². The molecule has 0 radical (unpaired) electrons. The molecular formula is C15H22N4O2. The maximum Gasteiger partial charge on any atom is 0.331 e. The predicted octanol–water partition coefficient (Wildman–Crippen LogP) is 0.778. The summed E-state index contributed by atoms with van der Waals surface area (Å²) in [7, 11) is 0. The Morgan fingerprint density at radius 2 is 1.90 bits per heavy atom. The van der Waals surface area contributed by atoms with Gasteiger partial charge in [0.1, 0.15) is 11.6 Å². The van der Waals surface area contributed by atoms with E-state index in [9.17, 15) is 9.59 Å². The first-order chi connectivity index (χ1) is 10.2. The molecule has 0 atom stereocenters. The summed E-state index contributed by atoms with van der Waals surface area (Å²) in [5.74, 6) is 0. The molecule has 0 N–H and O–H groups in total. The zero-order chi connectivity index (χ0) is 15.2. The molecule has 0 unspecified atom stereocenters. The van der Waals surface area contributed by atoms with E-state index < -0.39 is 5.56 Å². The van der Waals surface area contributed by atoms with Gasteiger partial charge in [-0.05, 0) is 45.8 Å². The summed E-state index contributed by atoms with van der Waals surface area (Å²) in [6, 6.07) is 1.87. The summed E-state index contributed by atoms with van der Waals surface area (Å²) in [6.07, 6.45) is 5.86. The van der Waals surface area contributed by atoms with Crippen LogP contribution in [0.1, 0.15) is 38.2 Å². The minimum absolute atomic E-state index is 0.0365. The highest BCUT2D eigenvalue weighted by Crippen LogP contribution is 2.08. The van der Waals surface area contributed by atoms with Gasteiger partial charge >= 0.3 is 5.69 Å². The van der Waals surface area contributed by atoms with Crippen LogP contribution in [0, 0.1) is 11.3 Å². The van der Waals surface area contributed by atoms with Gasteiger partial charge in [0, 0.05) is 19.3 Å². The van der Waals surface area contributed by atoms with E-state index in [1.54, 1.807) is 0 Å². The molecule has 1 fully saturated rings. The van der Waals surface area contributed by atoms with E-state index in [0.717, 1.165) is 26.1 Å². The second-order valence-corrected chi connectivity index (χ2v) is 5.44. The lowest BCUT2D eigenvalue weighted by atomic mass is 10.1. The summed E-state index contributed by atoms with van der Waals surface area (Å²) in [6.45, 7) is 5.77. The van der Waals surface area contributed by atoms with Crippen LogP contribution in [-0.2, 0) is 13.1 Å². The topological polar surface area (TPSA) is 71.0 Å². The summed E-state index contributed by atoms with van der Waals surface area (Å²) >= 11 is 0. The normalized spacial score (nSPS) is 15.8. The molecule has 1 saturated heterocycles. The van der Waals surface area contributed by atoms with Crippen molar-refractivity contribution in [3.8, 4) is 6.07 Å². The first-order valence-corrected chi connectivity index (χ1v) is 7.64. The summed E-state index contributed by atoms with van der Waals surface area (Å²) < 4.78 is 2.62. The van der Waals surface area contributed by atoms with E-state index in [4.69, 9.17) is 5.26 Å². The SMILES string of the molecule is CCn1cc(C#N)c(=O)n(CCCN2CCCCC2)c1=O. The van der Waals surface area contributed by atoms with Gasteiger partial charge in [0.25, 0.3) is 5.56 Å². The fourth-order valence-corrected chi connectivity index (χ4v) is 2.79. The van der Waals surface area contributed by atoms with Crippen LogP contribution in [0.25, 0.3) is 0 Å². The van der Waals surface area contributed by atoms with E-state index in [-0.39, 0.29) is 11.3 Å². The molecule has 6 nitrogen and oxygen atoms in total. The van der Waals surface area contributed by atoms with Crippen molar-refractivity contribution in [2.45, 2.75) is 45.7 Å². The molecule has 6 heteroatoms. The molecule has 0 aliphatic carbocycles. The zero-order valence-electron chi connectivity index (χ0n) is 12.5. The van der Waals surface area contributed by atoms with Crippen LogP contribution in [0.15, 0.2) is 15.8 Å². The van der Waals surface area contributed by atoms with Gasteiger partial charge in [-0.15, -0.1) is 0 Å². The van der Waals surface area contributed by atoms with Gasteiger partial charge in [0.05, 0.1) is 0 Å². The Hall–Kier alpha value is -1.87. The molecule has 0 spiro atoms. The van der Waals surface area contributed by atoms with E-state index in [1.165, 1.54) is 34.6 Å². The van der Waals surface area contributed by atoms with E-state index >= 15 is 0 Å². The maximum atomic E-state index is 12.2. The Morgan fingerprint density at radius 3 is 2.52 bits per heavy atom. The minimum atomic E-state index is -0.467. The third-order valence-electron chi connectivity index (χ3n) is 4.00. The molecule has 0 amide bonds. The minimum Gasteiger partial charge on any atom is -0.303 e. The highest BCUT2D eigenvalue weighted by atomic mass is 16.2. The smallest absolute Gasteiger partial charge is 0.303 e. The molecule has 2 heterocycles. The first-order valence-electron chi connectivity index (χ1n) is 7.64. The Bertz CT molecular complexity index is 633. The Labute approximate surface area is 124 Å². The molecule has 1 aromatic heterocycles. The van der Waals surface area contributed by atoms with E-state index in [2.05, 4.69) is 4.90 Å². The van der Waals surface area contributed by atoms with Gasteiger partial charge < -0.3 is 4.90 Å². The molecule has 0 aromatic carbocycles. The molecule has 21 heavy (non-hydrogen) atoms. The lowest BCUT2D eigenvalue weighted by Crippen LogP contribution is -2.41. The Morgan fingerprint density at radius 1 is 1.19 bits per heavy atom. The molecule has 1 aliphatic rings. The third-order valence-corrected chi connectivity index (χ3v) is 4.00. The van der Waals surface area contributed by atoms with Crippen LogP contribution in [0.2, 0.25) is 0 Å². The number of hydrogen-bond acceptors (Lipinski definition) is 4. The van der Waals surface area contributed by atoms with Crippen molar-refractivity contribution in [3.05, 3.63) is 32.6 Å². The average Bonchev–Trinajstić information content (AvgIpc) is 2.52. The van der Waals surface area contributed by atoms with Crippen LogP contribution < -0.4 is 11.2 Å². The third kappa shape index (κ3) is 3.61. The molecule has 0 saturated carbocycles. The molecular weight excluding hydrogens is 268 g/mol. The van der Waals surface area contributed by atoms with Gasteiger partial charge in [-0.3, -0.25) is 13.9 Å². The number of hydrogen-bond donors (Lipinski definition) is 0. The van der Waals surface area contributed by atoms with Crippen molar-refractivity contribution in [2.75, 3.05) is 19.6 Å². The van der Waals surface area contributed by atoms with E-state index in [0.29, 0.717) is 13.1 Å². The molecule has 2 rings (SSSR count). The predicted molar refractivity (Wildman–Crippen MR) is 80.3 cm³/mol. The second kappa shape index (κ2) is 7.23. The van der Waals surface area contributed by atoms with Crippen LogP contribution in [0.4, 0.5) is 0 Å². The van der Waals surface area contributed by atoms with Crippen molar-refractivity contribution in [3.63, 3.8) is 0 Å². The van der Waals surface area contributed by atoms with Crippen molar-refractivity contribution < 1.29 is 0 Å². The summed E-state index contributed by atoms with van der Waals surface area (Å²) in [5.41, 5.74) is -0.750. The Balaban J connectivity index is 2.10. The standard InChI is InChI=1S/C15H22N4O2/c1-2-18-12-13(11-16)14(20)19(15(18)21)10-6-9-17-7-4-3-5-8-17/h12H,2-10H2,1H3. The highest BCUT2D eigenvalue weighted by Gasteiger charge is 2.12. The van der Waals surface area contributed by atoms with Crippen LogP contribution in [-0.4, -0.2) is 33.7 Å². The second-order valence-electron chi connectivity index (χ2n) is 5.44. The van der Waals surface area contributed by atoms with Gasteiger partial charge in [-0.2, -0.15) is 5.26 Å². The molecule has 0 bridgehead atoms. The summed E-state index contributed by atoms with van der Waals surface area (Å²) in [5, 5.41) is 9.00. The zero-order valence-corrected chi connectivity index (χ0v) is 12.5. The molecule has 1 aliphatic heterocycles. The number of rotatable bonds is 5. The molecule has 1 aromatic rings. The van der Waals surface area contributed by atoms with Crippen molar-refractivity contribution >= 4 is 0 Å². The number of piperidine rings is 1. The van der Waals surface area contributed by atoms with Crippen LogP contribution in [0.5, 0.6) is 0 Å². The van der Waals surface area contributed by atoms with Gasteiger partial charge in [0.2, 0.25) is 0 Å². The fourth-order valence-electron chi connectivity index (χ4n) is 2.79. The monoisotopic (exact) mass is 290 g/mol. The number of aryl methyl sites for hydroxylation is 1. The maximum absolute atomic E-state index is 12.2. The number of aromatic nitrogens is 2. The number of nitrogens with zero attached hydrogens (tertiary/aromatic N) is 4. The van der Waals surface area contributed by atoms with Crippen molar-refractivity contribution in [2.24, 2.45) is 0 Å². The fraction of sp³-hybridized carbons (Fsp3) is 0.667. The number of nitriles is 1. The van der Waals surface area contributed by atoms with Gasteiger partial charge in [-0.25, -0.2) is 4.79 Å². The van der Waals surface area contributed by atoms with Gasteiger partial charge in [-0.1, -0.05) is 6.42 Å². The first kappa shape index (κ1) is 15.5. The quantitative estimate of drug-likeness (QED) is 0.803. The lowest BCUT2D eigenvalue weighted by molar-refractivity contribution is 0.222. The molecule has 114 valence electrons. The van der Waals surface area contributed by atoms with Gasteiger partial charge in [0.15, 0.2) is 0 Å². The largest absolute Gasteiger partial charge is 0.331 e. The highest BCUT2D eigenvalue weighted by molar-refractivity contribution is 5.22. The summed E-state index contributed by atoms with van der Waals surface area (Å²) in [4.78, 5) is 26.6. The van der Waals surface area contributed by atoms with Crippen molar-refractivity contribution in [1.82, 2.24) is 14.0 Å². The lowest BCUT2D eigenvalue weighted by Gasteiger charge is -2.26. The van der Waals surface area contributed by atoms with Crippen LogP contribution in [0.3, 0.4) is 0 Å². The number of likely N-dealkylation sites (tertiary alicyclic amines) is 1. The average molecular weight is 290 g/mol. The van der Waals surface area contributed by atoms with Crippen molar-refractivity contribution in [1.29, 1.82) is 5.26 Å². The van der Waals surface area contributed by atoms with Crippen LogP contribution >= 0.6 is 0 Å².